The Morgan fingerprint density at radius 2 is 1.52 bits per heavy atom. The van der Waals surface area contributed by atoms with Crippen LogP contribution in [0, 0.1) is 17.6 Å². The van der Waals surface area contributed by atoms with Crippen molar-refractivity contribution >= 4 is 17.6 Å². The first kappa shape index (κ1) is 22.5. The molecule has 7 heteroatoms. The lowest BCUT2D eigenvalue weighted by molar-refractivity contribution is -0.139. The van der Waals surface area contributed by atoms with Crippen LogP contribution in [-0.4, -0.2) is 23.6 Å². The van der Waals surface area contributed by atoms with E-state index in [2.05, 4.69) is 0 Å². The number of carbonyl (C=O) groups excluding carboxylic acids is 1. The summed E-state index contributed by atoms with van der Waals surface area (Å²) in [4.78, 5) is 25.4. The summed E-state index contributed by atoms with van der Waals surface area (Å²) < 4.78 is 31.7. The number of carboxylic acid groups (broad SMARTS) is 1. The van der Waals surface area contributed by atoms with Gasteiger partial charge in [0.2, 0.25) is 5.91 Å². The fraction of sp³-hybridized carbons (Fsp3) is 0.231. The van der Waals surface area contributed by atoms with E-state index in [4.69, 9.17) is 9.84 Å². The maximum atomic E-state index is 13.4. The molecule has 0 spiro atoms. The fourth-order valence-corrected chi connectivity index (χ4v) is 4.18. The van der Waals surface area contributed by atoms with E-state index in [0.717, 1.165) is 24.0 Å². The highest BCUT2D eigenvalue weighted by molar-refractivity contribution is 6.03. The first-order valence-electron chi connectivity index (χ1n) is 10.7. The number of aliphatic carboxylic acids is 1. The number of anilines is 1. The molecule has 1 amide bonds. The minimum absolute atomic E-state index is 0.0306. The summed E-state index contributed by atoms with van der Waals surface area (Å²) in [5.41, 5.74) is 2.51. The van der Waals surface area contributed by atoms with E-state index in [1.165, 1.54) is 24.3 Å². The van der Waals surface area contributed by atoms with Gasteiger partial charge in [0.05, 0.1) is 12.0 Å². The maximum Gasteiger partial charge on any atom is 0.341 e. The number of ether oxygens (including phenoxy) is 1. The monoisotopic (exact) mass is 451 g/mol. The van der Waals surface area contributed by atoms with Crippen molar-refractivity contribution in [3.63, 3.8) is 0 Å². The lowest BCUT2D eigenvalue weighted by atomic mass is 9.78. The average Bonchev–Trinajstić information content (AvgIpc) is 2.81. The molecule has 3 aromatic carbocycles. The molecule has 1 aliphatic rings. The van der Waals surface area contributed by atoms with E-state index in [0.29, 0.717) is 17.9 Å². The average molecular weight is 451 g/mol. The molecule has 1 saturated heterocycles. The fourth-order valence-electron chi connectivity index (χ4n) is 4.18. The van der Waals surface area contributed by atoms with Crippen molar-refractivity contribution in [3.8, 4) is 5.75 Å². The van der Waals surface area contributed by atoms with Crippen molar-refractivity contribution in [1.82, 2.24) is 0 Å². The zero-order chi connectivity index (χ0) is 23.4. The van der Waals surface area contributed by atoms with Crippen LogP contribution in [0.5, 0.6) is 5.75 Å². The van der Waals surface area contributed by atoms with Gasteiger partial charge in [0.1, 0.15) is 17.4 Å². The van der Waals surface area contributed by atoms with Gasteiger partial charge >= 0.3 is 5.97 Å². The molecule has 0 radical (unpaired) electrons. The first-order chi connectivity index (χ1) is 15.9. The number of aryl methyl sites for hydroxylation is 1. The number of hydrogen-bond acceptors (Lipinski definition) is 3. The lowest BCUT2D eigenvalue weighted by Crippen LogP contribution is -2.55. The Kier molecular flexibility index (Phi) is 6.68. The van der Waals surface area contributed by atoms with Crippen LogP contribution in [0.25, 0.3) is 0 Å². The number of benzene rings is 3. The largest absolute Gasteiger partial charge is 0.482 e. The quantitative estimate of drug-likeness (QED) is 0.457. The molecule has 0 aliphatic carbocycles. The molecule has 2 atom stereocenters. The van der Waals surface area contributed by atoms with Crippen molar-refractivity contribution in [2.45, 2.75) is 25.3 Å². The second kappa shape index (κ2) is 9.81. The van der Waals surface area contributed by atoms with E-state index in [-0.39, 0.29) is 29.5 Å². The zero-order valence-corrected chi connectivity index (χ0v) is 17.8. The van der Waals surface area contributed by atoms with Crippen molar-refractivity contribution in [1.29, 1.82) is 0 Å². The Bertz CT molecular complexity index is 1110. The number of hydrogen-bond donors (Lipinski definition) is 1. The second-order valence-electron chi connectivity index (χ2n) is 8.01. The number of amides is 1. The van der Waals surface area contributed by atoms with Gasteiger partial charge in [0.25, 0.3) is 0 Å². The number of β-lactam (4-membered cyclic amide) rings is 1. The van der Waals surface area contributed by atoms with Crippen LogP contribution in [0.15, 0.2) is 72.8 Å². The molecule has 0 saturated carbocycles. The molecule has 0 aromatic heterocycles. The Balaban J connectivity index is 1.51. The third kappa shape index (κ3) is 5.19. The van der Waals surface area contributed by atoms with Gasteiger partial charge in [0.15, 0.2) is 6.61 Å². The van der Waals surface area contributed by atoms with Gasteiger partial charge < -0.3 is 14.7 Å². The highest BCUT2D eigenvalue weighted by Gasteiger charge is 2.48. The van der Waals surface area contributed by atoms with Gasteiger partial charge in [-0.15, -0.1) is 0 Å². The van der Waals surface area contributed by atoms with E-state index >= 15 is 0 Å². The molecule has 0 unspecified atom stereocenters. The summed E-state index contributed by atoms with van der Waals surface area (Å²) in [5, 5.41) is 8.77. The number of nitrogens with zero attached hydrogens (tertiary/aromatic N) is 1. The topological polar surface area (TPSA) is 66.8 Å². The molecule has 170 valence electrons. The van der Waals surface area contributed by atoms with Crippen LogP contribution < -0.4 is 9.64 Å². The summed E-state index contributed by atoms with van der Waals surface area (Å²) in [6.07, 6.45) is 2.14. The van der Waals surface area contributed by atoms with Gasteiger partial charge in [0, 0.05) is 5.69 Å². The molecular formula is C26H23F2NO4. The smallest absolute Gasteiger partial charge is 0.341 e. The summed E-state index contributed by atoms with van der Waals surface area (Å²) >= 11 is 0. The highest BCUT2D eigenvalue weighted by atomic mass is 19.1. The van der Waals surface area contributed by atoms with Crippen molar-refractivity contribution in [2.75, 3.05) is 11.5 Å². The number of rotatable bonds is 9. The molecule has 1 fully saturated rings. The number of carbonyl (C=O) groups is 2. The van der Waals surface area contributed by atoms with Gasteiger partial charge in [-0.05, 0) is 78.9 Å². The van der Waals surface area contributed by atoms with Crippen LogP contribution in [0.3, 0.4) is 0 Å². The predicted octanol–water partition coefficient (Wildman–Crippen LogP) is 5.16. The Morgan fingerprint density at radius 3 is 2.12 bits per heavy atom. The molecular weight excluding hydrogens is 428 g/mol. The second-order valence-corrected chi connectivity index (χ2v) is 8.01. The summed E-state index contributed by atoms with van der Waals surface area (Å²) in [6, 6.07) is 18.9. The predicted molar refractivity (Wildman–Crippen MR) is 119 cm³/mol. The number of carboxylic acids is 1. The van der Waals surface area contributed by atoms with E-state index in [1.54, 1.807) is 41.3 Å². The Morgan fingerprint density at radius 1 is 0.909 bits per heavy atom. The van der Waals surface area contributed by atoms with Crippen LogP contribution in [0.4, 0.5) is 14.5 Å². The standard InChI is InChI=1S/C26H23F2NO4/c27-19-8-4-17(5-9-19)2-1-3-23-25(18-6-14-22(15-7-18)33-16-24(30)31)29(26(23)32)21-12-10-20(28)11-13-21/h4-15,23,25H,1-3,16H2,(H,30,31)/t23-,25-/m1/s1. The van der Waals surface area contributed by atoms with E-state index < -0.39 is 12.6 Å². The number of halogens is 2. The normalized spacial score (nSPS) is 17.5. The van der Waals surface area contributed by atoms with Gasteiger partial charge in [-0.2, -0.15) is 0 Å². The molecule has 3 aromatic rings. The SMILES string of the molecule is O=C(O)COc1ccc([C@@H]2[C@@H](CCCc3ccc(F)cc3)C(=O)N2c2ccc(F)cc2)cc1. The molecule has 1 N–H and O–H groups in total. The third-order valence-corrected chi connectivity index (χ3v) is 5.80. The van der Waals surface area contributed by atoms with Crippen LogP contribution in [-0.2, 0) is 16.0 Å². The van der Waals surface area contributed by atoms with Crippen molar-refractivity contribution < 1.29 is 28.2 Å². The first-order valence-corrected chi connectivity index (χ1v) is 10.7. The molecule has 1 heterocycles. The maximum absolute atomic E-state index is 13.4. The van der Waals surface area contributed by atoms with Crippen LogP contribution in [0.1, 0.15) is 30.0 Å². The minimum Gasteiger partial charge on any atom is -0.482 e. The Hall–Kier alpha value is -3.74. The molecule has 33 heavy (non-hydrogen) atoms. The highest BCUT2D eigenvalue weighted by Crippen LogP contribution is 2.46. The Labute approximate surface area is 190 Å². The van der Waals surface area contributed by atoms with Gasteiger partial charge in [-0.3, -0.25) is 4.79 Å². The molecule has 0 bridgehead atoms. The van der Waals surface area contributed by atoms with Crippen LogP contribution in [0.2, 0.25) is 0 Å². The lowest BCUT2D eigenvalue weighted by Gasteiger charge is -2.47. The van der Waals surface area contributed by atoms with Gasteiger partial charge in [-0.25, -0.2) is 13.6 Å². The van der Waals surface area contributed by atoms with Gasteiger partial charge in [-0.1, -0.05) is 24.3 Å². The van der Waals surface area contributed by atoms with Crippen molar-refractivity contribution in [3.05, 3.63) is 95.6 Å². The molecule has 4 rings (SSSR count). The summed E-state index contributed by atoms with van der Waals surface area (Å²) in [6.45, 7) is -0.436. The van der Waals surface area contributed by atoms with E-state index in [1.807, 2.05) is 12.1 Å². The van der Waals surface area contributed by atoms with Crippen molar-refractivity contribution in [2.24, 2.45) is 5.92 Å². The zero-order valence-electron chi connectivity index (χ0n) is 17.8. The summed E-state index contributed by atoms with van der Waals surface area (Å²) in [5.74, 6) is -1.57. The van der Waals surface area contributed by atoms with Crippen LogP contribution >= 0.6 is 0 Å². The third-order valence-electron chi connectivity index (χ3n) is 5.80. The molecule has 1 aliphatic heterocycles. The summed E-state index contributed by atoms with van der Waals surface area (Å²) in [7, 11) is 0. The molecule has 5 nitrogen and oxygen atoms in total. The minimum atomic E-state index is -1.06. The van der Waals surface area contributed by atoms with E-state index in [9.17, 15) is 18.4 Å².